The quantitative estimate of drug-likeness (QED) is 0.844. The summed E-state index contributed by atoms with van der Waals surface area (Å²) in [6.45, 7) is 0.0920. The second-order valence-electron chi connectivity index (χ2n) is 5.26. The largest absolute Gasteiger partial charge is 0.368 e. The number of aromatic nitrogens is 1. The Morgan fingerprint density at radius 3 is 2.52 bits per heavy atom. The van der Waals surface area contributed by atoms with Crippen molar-refractivity contribution in [2.75, 3.05) is 0 Å². The molecule has 1 atom stereocenters. The number of carbonyl (C=O) groups excluding carboxylic acids is 1. The summed E-state index contributed by atoms with van der Waals surface area (Å²) in [5.41, 5.74) is 7.22. The van der Waals surface area contributed by atoms with Crippen LogP contribution in [0.15, 0.2) is 47.5 Å². The van der Waals surface area contributed by atoms with E-state index in [1.807, 2.05) is 24.3 Å². The highest BCUT2D eigenvalue weighted by Gasteiger charge is 2.38. The molecule has 1 aromatic carbocycles. The summed E-state index contributed by atoms with van der Waals surface area (Å²) < 4.78 is 26.8. The van der Waals surface area contributed by atoms with Gasteiger partial charge in [0.1, 0.15) is 16.1 Å². The maximum absolute atomic E-state index is 12.9. The normalized spacial score (nSPS) is 18.4. The van der Waals surface area contributed by atoms with Gasteiger partial charge in [-0.15, -0.1) is 0 Å². The lowest BCUT2D eigenvalue weighted by Crippen LogP contribution is -2.51. The van der Waals surface area contributed by atoms with Crippen molar-refractivity contribution >= 4 is 27.5 Å². The number of pyridine rings is 1. The van der Waals surface area contributed by atoms with E-state index in [2.05, 4.69) is 4.98 Å². The standard InChI is InChI=1S/C15H14ClN3O3S/c16-14-6-5-12(8-18-14)23(21,22)19-9-11-4-2-1-3-10(11)7-13(19)15(17)20/h1-6,8,13H,7,9H2,(H2,17,20)/t13-/m1/s1. The number of nitrogens with two attached hydrogens (primary N) is 1. The molecule has 6 nitrogen and oxygen atoms in total. The van der Waals surface area contributed by atoms with E-state index in [1.54, 1.807) is 0 Å². The lowest BCUT2D eigenvalue weighted by atomic mass is 9.96. The molecule has 0 fully saturated rings. The zero-order valence-electron chi connectivity index (χ0n) is 12.0. The van der Waals surface area contributed by atoms with E-state index in [1.165, 1.54) is 18.3 Å². The SMILES string of the molecule is NC(=O)[C@H]1Cc2ccccc2CN1S(=O)(=O)c1ccc(Cl)nc1. The van der Waals surface area contributed by atoms with Gasteiger partial charge in [0.15, 0.2) is 0 Å². The van der Waals surface area contributed by atoms with Crippen LogP contribution in [-0.2, 0) is 27.8 Å². The second kappa shape index (κ2) is 5.92. The lowest BCUT2D eigenvalue weighted by Gasteiger charge is -2.33. The Morgan fingerprint density at radius 1 is 1.22 bits per heavy atom. The van der Waals surface area contributed by atoms with Crippen molar-refractivity contribution in [1.29, 1.82) is 0 Å². The van der Waals surface area contributed by atoms with Crippen molar-refractivity contribution in [2.45, 2.75) is 23.9 Å². The van der Waals surface area contributed by atoms with Gasteiger partial charge in [-0.3, -0.25) is 4.79 Å². The fraction of sp³-hybridized carbons (Fsp3) is 0.200. The second-order valence-corrected chi connectivity index (χ2v) is 7.54. The number of primary amides is 1. The summed E-state index contributed by atoms with van der Waals surface area (Å²) >= 11 is 5.70. The number of rotatable bonds is 3. The van der Waals surface area contributed by atoms with Crippen molar-refractivity contribution in [2.24, 2.45) is 5.73 Å². The maximum atomic E-state index is 12.9. The van der Waals surface area contributed by atoms with Crippen LogP contribution in [0.25, 0.3) is 0 Å². The molecule has 0 radical (unpaired) electrons. The molecular weight excluding hydrogens is 338 g/mol. The molecule has 0 saturated heterocycles. The monoisotopic (exact) mass is 351 g/mol. The zero-order valence-corrected chi connectivity index (χ0v) is 13.6. The van der Waals surface area contributed by atoms with Gasteiger partial charge in [0.2, 0.25) is 15.9 Å². The molecular formula is C15H14ClN3O3S. The number of carbonyl (C=O) groups is 1. The van der Waals surface area contributed by atoms with E-state index >= 15 is 0 Å². The van der Waals surface area contributed by atoms with E-state index in [0.29, 0.717) is 0 Å². The highest BCUT2D eigenvalue weighted by Crippen LogP contribution is 2.29. The minimum atomic E-state index is -3.90. The number of hydrogen-bond acceptors (Lipinski definition) is 4. The van der Waals surface area contributed by atoms with Crippen LogP contribution in [-0.4, -0.2) is 29.7 Å². The topological polar surface area (TPSA) is 93.4 Å². The number of sulfonamides is 1. The number of nitrogens with zero attached hydrogens (tertiary/aromatic N) is 2. The molecule has 2 aromatic rings. The highest BCUT2D eigenvalue weighted by molar-refractivity contribution is 7.89. The first kappa shape index (κ1) is 15.9. The van der Waals surface area contributed by atoms with Crippen LogP contribution in [0.5, 0.6) is 0 Å². The van der Waals surface area contributed by atoms with Crippen molar-refractivity contribution in [3.63, 3.8) is 0 Å². The predicted octanol–water partition coefficient (Wildman–Crippen LogP) is 1.34. The van der Waals surface area contributed by atoms with Crippen molar-refractivity contribution in [1.82, 2.24) is 9.29 Å². The summed E-state index contributed by atoms with van der Waals surface area (Å²) in [6.07, 6.45) is 1.43. The van der Waals surface area contributed by atoms with Gasteiger partial charge in [0.05, 0.1) is 0 Å². The molecule has 1 amide bonds. The molecule has 2 heterocycles. The third-order valence-corrected chi connectivity index (χ3v) is 5.90. The number of hydrogen-bond donors (Lipinski definition) is 1. The molecule has 120 valence electrons. The van der Waals surface area contributed by atoms with E-state index in [4.69, 9.17) is 17.3 Å². The van der Waals surface area contributed by atoms with Gasteiger partial charge in [0, 0.05) is 12.7 Å². The average molecular weight is 352 g/mol. The lowest BCUT2D eigenvalue weighted by molar-refractivity contribution is -0.122. The fourth-order valence-electron chi connectivity index (χ4n) is 2.64. The van der Waals surface area contributed by atoms with Gasteiger partial charge in [-0.25, -0.2) is 13.4 Å². The van der Waals surface area contributed by atoms with Gasteiger partial charge in [-0.2, -0.15) is 4.31 Å². The molecule has 0 spiro atoms. The molecule has 8 heteroatoms. The minimum absolute atomic E-state index is 0.0208. The molecule has 0 unspecified atom stereocenters. The summed E-state index contributed by atoms with van der Waals surface area (Å²) in [4.78, 5) is 15.6. The van der Waals surface area contributed by atoms with Crippen LogP contribution in [0.4, 0.5) is 0 Å². The van der Waals surface area contributed by atoms with Crippen molar-refractivity contribution in [3.05, 3.63) is 58.9 Å². The first-order valence-corrected chi connectivity index (χ1v) is 8.71. The highest BCUT2D eigenvalue weighted by atomic mass is 35.5. The van der Waals surface area contributed by atoms with Gasteiger partial charge < -0.3 is 5.73 Å². The van der Waals surface area contributed by atoms with Crippen molar-refractivity contribution < 1.29 is 13.2 Å². The fourth-order valence-corrected chi connectivity index (χ4v) is 4.28. The van der Waals surface area contributed by atoms with E-state index in [9.17, 15) is 13.2 Å². The summed E-state index contributed by atoms with van der Waals surface area (Å²) in [6, 6.07) is 9.23. The summed E-state index contributed by atoms with van der Waals surface area (Å²) in [7, 11) is -3.90. The average Bonchev–Trinajstić information content (AvgIpc) is 2.54. The van der Waals surface area contributed by atoms with E-state index in [-0.39, 0.29) is 23.0 Å². The number of benzene rings is 1. The number of halogens is 1. The summed E-state index contributed by atoms with van der Waals surface area (Å²) in [5.74, 6) is -0.676. The first-order chi connectivity index (χ1) is 10.9. The zero-order chi connectivity index (χ0) is 16.6. The molecule has 2 N–H and O–H groups in total. The Labute approximate surface area is 138 Å². The maximum Gasteiger partial charge on any atom is 0.245 e. The van der Waals surface area contributed by atoms with Crippen molar-refractivity contribution in [3.8, 4) is 0 Å². The molecule has 3 rings (SSSR count). The first-order valence-electron chi connectivity index (χ1n) is 6.89. The minimum Gasteiger partial charge on any atom is -0.368 e. The molecule has 1 aliphatic rings. The Morgan fingerprint density at radius 2 is 1.91 bits per heavy atom. The van der Waals surface area contributed by atoms with Gasteiger partial charge in [-0.05, 0) is 29.7 Å². The van der Waals surface area contributed by atoms with Gasteiger partial charge in [0.25, 0.3) is 0 Å². The van der Waals surface area contributed by atoms with Crippen LogP contribution in [0, 0.1) is 0 Å². The van der Waals surface area contributed by atoms with Crippen LogP contribution in [0.3, 0.4) is 0 Å². The van der Waals surface area contributed by atoms with Gasteiger partial charge in [-0.1, -0.05) is 35.9 Å². The molecule has 23 heavy (non-hydrogen) atoms. The van der Waals surface area contributed by atoms with Crippen LogP contribution in [0.2, 0.25) is 5.15 Å². The smallest absolute Gasteiger partial charge is 0.245 e. The molecule has 1 aliphatic heterocycles. The predicted molar refractivity (Wildman–Crippen MR) is 85.1 cm³/mol. The third-order valence-electron chi connectivity index (χ3n) is 3.84. The Kier molecular flexibility index (Phi) is 4.09. The number of fused-ring (bicyclic) bond motifs is 1. The van der Waals surface area contributed by atoms with E-state index in [0.717, 1.165) is 15.4 Å². The molecule has 1 aromatic heterocycles. The third kappa shape index (κ3) is 2.95. The van der Waals surface area contributed by atoms with E-state index < -0.39 is 22.0 Å². The van der Waals surface area contributed by atoms with Gasteiger partial charge >= 0.3 is 0 Å². The number of amides is 1. The Hall–Kier alpha value is -1.96. The van der Waals surface area contributed by atoms with Crippen LogP contribution < -0.4 is 5.73 Å². The summed E-state index contributed by atoms with van der Waals surface area (Å²) in [5, 5.41) is 0.194. The van der Waals surface area contributed by atoms with Crippen LogP contribution in [0.1, 0.15) is 11.1 Å². The Balaban J connectivity index is 2.05. The molecule has 0 saturated carbocycles. The van der Waals surface area contributed by atoms with Crippen LogP contribution >= 0.6 is 11.6 Å². The Bertz CT molecular complexity index is 853. The molecule has 0 bridgehead atoms. The molecule has 0 aliphatic carbocycles.